The maximum Gasteiger partial charge on any atom is 0.244 e. The molecule has 0 unspecified atom stereocenters. The van der Waals surface area contributed by atoms with E-state index in [2.05, 4.69) is 0 Å². The number of aryl methyl sites for hydroxylation is 1. The average molecular weight is 291 g/mol. The fourth-order valence-corrected chi connectivity index (χ4v) is 4.88. The van der Waals surface area contributed by atoms with Crippen molar-refractivity contribution >= 4 is 21.4 Å². The van der Waals surface area contributed by atoms with Gasteiger partial charge in [0.15, 0.2) is 0 Å². The number of hydrogen-bond acceptors (Lipinski definition) is 4. The van der Waals surface area contributed by atoms with Crippen molar-refractivity contribution in [2.75, 3.05) is 13.1 Å². The summed E-state index contributed by atoms with van der Waals surface area (Å²) in [4.78, 5) is 1.76. The molecule has 1 N–H and O–H groups in total. The van der Waals surface area contributed by atoms with Crippen LogP contribution in [0.2, 0.25) is 0 Å². The Labute approximate surface area is 113 Å². The molecule has 0 radical (unpaired) electrons. The number of aliphatic hydroxyl groups is 1. The minimum Gasteiger partial charge on any atom is -0.391 e. The molecule has 0 amide bonds. The van der Waals surface area contributed by atoms with Crippen LogP contribution in [0.1, 0.15) is 30.5 Å². The molecule has 0 saturated heterocycles. The number of hydrogen-bond donors (Lipinski definition) is 1. The number of nitrogens with zero attached hydrogens (tertiary/aromatic N) is 1. The smallest absolute Gasteiger partial charge is 0.244 e. The van der Waals surface area contributed by atoms with Crippen LogP contribution in [-0.4, -0.2) is 30.9 Å². The number of thiophene rings is 1. The van der Waals surface area contributed by atoms with E-state index in [1.54, 1.807) is 13.0 Å². The molecule has 0 aliphatic heterocycles. The Bertz CT molecular complexity index is 491. The van der Waals surface area contributed by atoms with Gasteiger partial charge in [-0.3, -0.25) is 0 Å². The van der Waals surface area contributed by atoms with Crippen LogP contribution in [0.3, 0.4) is 0 Å². The Kier molecular flexibility index (Phi) is 5.33. The van der Waals surface area contributed by atoms with E-state index in [0.717, 1.165) is 4.88 Å². The molecule has 1 aromatic rings. The Morgan fingerprint density at radius 2 is 2.06 bits per heavy atom. The van der Waals surface area contributed by atoms with E-state index in [1.165, 1.54) is 15.6 Å². The van der Waals surface area contributed by atoms with Gasteiger partial charge in [0, 0.05) is 22.8 Å². The van der Waals surface area contributed by atoms with Crippen LogP contribution in [0, 0.1) is 12.8 Å². The summed E-state index contributed by atoms with van der Waals surface area (Å²) in [7, 11) is -3.43. The number of aliphatic hydroxyl groups excluding tert-OH is 1. The third-order valence-electron chi connectivity index (χ3n) is 2.62. The van der Waals surface area contributed by atoms with Crippen LogP contribution in [0.25, 0.3) is 0 Å². The Morgan fingerprint density at radius 3 is 2.44 bits per heavy atom. The molecule has 1 aromatic heterocycles. The van der Waals surface area contributed by atoms with Gasteiger partial charge in [0.05, 0.1) is 11.5 Å². The van der Waals surface area contributed by atoms with Gasteiger partial charge in [-0.25, -0.2) is 8.42 Å². The summed E-state index contributed by atoms with van der Waals surface area (Å²) in [6, 6.07) is 1.58. The predicted molar refractivity (Wildman–Crippen MR) is 74.2 cm³/mol. The van der Waals surface area contributed by atoms with Gasteiger partial charge in [-0.15, -0.1) is 11.3 Å². The van der Waals surface area contributed by atoms with Gasteiger partial charge in [0.25, 0.3) is 0 Å². The van der Waals surface area contributed by atoms with Crippen LogP contribution < -0.4 is 0 Å². The molecule has 0 spiro atoms. The highest BCUT2D eigenvalue weighted by Gasteiger charge is 2.26. The van der Waals surface area contributed by atoms with Crippen molar-refractivity contribution in [2.45, 2.75) is 39.2 Å². The maximum absolute atomic E-state index is 12.5. The molecule has 0 saturated carbocycles. The summed E-state index contributed by atoms with van der Waals surface area (Å²) < 4.78 is 26.5. The molecule has 0 aromatic carbocycles. The van der Waals surface area contributed by atoms with Gasteiger partial charge in [0.1, 0.15) is 0 Å². The van der Waals surface area contributed by atoms with E-state index in [4.69, 9.17) is 5.11 Å². The quantitative estimate of drug-likeness (QED) is 0.874. The van der Waals surface area contributed by atoms with E-state index in [-0.39, 0.29) is 12.5 Å². The Hall–Kier alpha value is -0.430. The third-order valence-corrected chi connectivity index (χ3v) is 5.85. The molecule has 6 heteroatoms. The van der Waals surface area contributed by atoms with Crippen LogP contribution in [0.4, 0.5) is 0 Å². The van der Waals surface area contributed by atoms with Crippen molar-refractivity contribution in [1.29, 1.82) is 0 Å². The normalized spacial score (nSPS) is 12.6. The lowest BCUT2D eigenvalue weighted by Crippen LogP contribution is -2.34. The SMILES string of the molecule is CCN(CC(C)C)S(=O)(=O)c1cc(CO)sc1C. The van der Waals surface area contributed by atoms with Crippen LogP contribution in [-0.2, 0) is 16.6 Å². The first-order valence-corrected chi connectivity index (χ1v) is 8.28. The van der Waals surface area contributed by atoms with E-state index < -0.39 is 10.0 Å². The van der Waals surface area contributed by atoms with Gasteiger partial charge in [-0.05, 0) is 18.9 Å². The molecular weight excluding hydrogens is 270 g/mol. The minimum atomic E-state index is -3.43. The zero-order valence-corrected chi connectivity index (χ0v) is 12.9. The van der Waals surface area contributed by atoms with Crippen molar-refractivity contribution in [3.05, 3.63) is 15.8 Å². The predicted octanol–water partition coefficient (Wildman–Crippen LogP) is 2.22. The molecule has 0 fully saturated rings. The number of sulfonamides is 1. The molecule has 1 heterocycles. The summed E-state index contributed by atoms with van der Waals surface area (Å²) >= 11 is 1.33. The lowest BCUT2D eigenvalue weighted by molar-refractivity contribution is 0.285. The largest absolute Gasteiger partial charge is 0.391 e. The second-order valence-electron chi connectivity index (χ2n) is 4.64. The lowest BCUT2D eigenvalue weighted by Gasteiger charge is -2.22. The molecular formula is C12H21NO3S2. The fourth-order valence-electron chi connectivity index (χ4n) is 1.80. The topological polar surface area (TPSA) is 57.6 Å². The summed E-state index contributed by atoms with van der Waals surface area (Å²) in [6.07, 6.45) is 0. The highest BCUT2D eigenvalue weighted by molar-refractivity contribution is 7.89. The van der Waals surface area contributed by atoms with Gasteiger partial charge in [0.2, 0.25) is 10.0 Å². The zero-order chi connectivity index (χ0) is 13.9. The number of rotatable bonds is 6. The standard InChI is InChI=1S/C12H21NO3S2/c1-5-13(7-9(2)3)18(15,16)12-6-11(8-14)17-10(12)4/h6,9,14H,5,7-8H2,1-4H3. The molecule has 0 atom stereocenters. The Morgan fingerprint density at radius 1 is 1.44 bits per heavy atom. The minimum absolute atomic E-state index is 0.114. The third kappa shape index (κ3) is 3.32. The maximum atomic E-state index is 12.5. The molecule has 0 bridgehead atoms. The van der Waals surface area contributed by atoms with Crippen molar-refractivity contribution in [1.82, 2.24) is 4.31 Å². The molecule has 18 heavy (non-hydrogen) atoms. The van der Waals surface area contributed by atoms with E-state index in [0.29, 0.717) is 22.9 Å². The first-order valence-electron chi connectivity index (χ1n) is 6.03. The van der Waals surface area contributed by atoms with Crippen LogP contribution in [0.15, 0.2) is 11.0 Å². The second kappa shape index (κ2) is 6.14. The van der Waals surface area contributed by atoms with Crippen molar-refractivity contribution in [3.63, 3.8) is 0 Å². The lowest BCUT2D eigenvalue weighted by atomic mass is 10.2. The van der Waals surface area contributed by atoms with Gasteiger partial charge in [-0.1, -0.05) is 20.8 Å². The summed E-state index contributed by atoms with van der Waals surface area (Å²) in [5.41, 5.74) is 0. The first-order chi connectivity index (χ1) is 8.32. The molecule has 104 valence electrons. The first kappa shape index (κ1) is 15.6. The van der Waals surface area contributed by atoms with Crippen LogP contribution >= 0.6 is 11.3 Å². The van der Waals surface area contributed by atoms with Crippen molar-refractivity contribution < 1.29 is 13.5 Å². The van der Waals surface area contributed by atoms with E-state index in [1.807, 2.05) is 20.8 Å². The van der Waals surface area contributed by atoms with Gasteiger partial charge in [-0.2, -0.15) is 4.31 Å². The second-order valence-corrected chi connectivity index (χ2v) is 7.89. The molecule has 4 nitrogen and oxygen atoms in total. The van der Waals surface area contributed by atoms with E-state index >= 15 is 0 Å². The summed E-state index contributed by atoms with van der Waals surface area (Å²) in [6.45, 7) is 8.48. The van der Waals surface area contributed by atoms with E-state index in [9.17, 15) is 8.42 Å². The molecule has 0 aliphatic carbocycles. The average Bonchev–Trinajstić information content (AvgIpc) is 2.67. The summed E-state index contributed by atoms with van der Waals surface area (Å²) in [5, 5.41) is 9.08. The zero-order valence-electron chi connectivity index (χ0n) is 11.3. The highest BCUT2D eigenvalue weighted by atomic mass is 32.2. The van der Waals surface area contributed by atoms with Crippen molar-refractivity contribution in [2.24, 2.45) is 5.92 Å². The monoisotopic (exact) mass is 291 g/mol. The van der Waals surface area contributed by atoms with Gasteiger partial charge < -0.3 is 5.11 Å². The Balaban J connectivity index is 3.14. The summed E-state index contributed by atoms with van der Waals surface area (Å²) in [5.74, 6) is 0.288. The van der Waals surface area contributed by atoms with Crippen molar-refractivity contribution in [3.8, 4) is 0 Å². The molecule has 1 rings (SSSR count). The van der Waals surface area contributed by atoms with Crippen LogP contribution in [0.5, 0.6) is 0 Å². The highest BCUT2D eigenvalue weighted by Crippen LogP contribution is 2.28. The van der Waals surface area contributed by atoms with Gasteiger partial charge >= 0.3 is 0 Å². The molecule has 0 aliphatic rings. The fraction of sp³-hybridized carbons (Fsp3) is 0.667.